The zero-order valence-corrected chi connectivity index (χ0v) is 11.3. The van der Waals surface area contributed by atoms with Gasteiger partial charge in [-0.15, -0.1) is 0 Å². The minimum absolute atomic E-state index is 0.186. The summed E-state index contributed by atoms with van der Waals surface area (Å²) in [6, 6.07) is 10.8. The van der Waals surface area contributed by atoms with E-state index in [1.165, 1.54) is 18.2 Å². The molecule has 0 saturated carbocycles. The highest BCUT2D eigenvalue weighted by atomic mass is 16.2. The quantitative estimate of drug-likeness (QED) is 0.650. The Morgan fingerprint density at radius 2 is 1.36 bits per heavy atom. The summed E-state index contributed by atoms with van der Waals surface area (Å²) in [5, 5.41) is 2.27. The molecule has 108 valence electrons. The Balaban J connectivity index is 2.06. The molecule has 3 rings (SSSR count). The predicted octanol–water partition coefficient (Wildman–Crippen LogP) is 0.886. The van der Waals surface area contributed by atoms with E-state index in [1.54, 1.807) is 24.3 Å². The lowest BCUT2D eigenvalue weighted by Crippen LogP contribution is -2.29. The standard InChI is InChI=1S/C16H10N2O4/c17-15(21)16(22)18-8-5-6-11-12(7-8)14(20)10-4-2-1-3-9(10)13(11)19/h1-7H,(H2,17,21)(H,18,22). The van der Waals surface area contributed by atoms with Gasteiger partial charge in [0.25, 0.3) is 0 Å². The van der Waals surface area contributed by atoms with Crippen molar-refractivity contribution in [3.8, 4) is 0 Å². The molecule has 0 radical (unpaired) electrons. The number of carbonyl (C=O) groups excluding carboxylic acids is 4. The molecule has 6 heteroatoms. The van der Waals surface area contributed by atoms with Crippen LogP contribution in [0.4, 0.5) is 5.69 Å². The second-order valence-electron chi connectivity index (χ2n) is 4.78. The summed E-state index contributed by atoms with van der Waals surface area (Å²) in [6.07, 6.45) is 0. The highest BCUT2D eigenvalue weighted by Crippen LogP contribution is 2.28. The van der Waals surface area contributed by atoms with Crippen LogP contribution in [0.3, 0.4) is 0 Å². The van der Waals surface area contributed by atoms with E-state index in [1.807, 2.05) is 0 Å². The number of hydrogen-bond acceptors (Lipinski definition) is 4. The first-order valence-electron chi connectivity index (χ1n) is 6.42. The molecule has 2 aromatic carbocycles. The largest absolute Gasteiger partial charge is 0.361 e. The average Bonchev–Trinajstić information content (AvgIpc) is 2.52. The van der Waals surface area contributed by atoms with Gasteiger partial charge < -0.3 is 11.1 Å². The van der Waals surface area contributed by atoms with Gasteiger partial charge in [-0.3, -0.25) is 19.2 Å². The van der Waals surface area contributed by atoms with Gasteiger partial charge in [0.2, 0.25) is 0 Å². The van der Waals surface area contributed by atoms with Gasteiger partial charge in [0.15, 0.2) is 11.6 Å². The first-order chi connectivity index (χ1) is 10.5. The third-order valence-electron chi connectivity index (χ3n) is 3.41. The molecule has 2 amide bonds. The molecule has 0 saturated heterocycles. The van der Waals surface area contributed by atoms with Crippen LogP contribution in [0, 0.1) is 0 Å². The molecule has 6 nitrogen and oxygen atoms in total. The lowest BCUT2D eigenvalue weighted by molar-refractivity contribution is -0.134. The molecule has 0 unspecified atom stereocenters. The van der Waals surface area contributed by atoms with Crippen LogP contribution in [0.25, 0.3) is 0 Å². The van der Waals surface area contributed by atoms with Crippen LogP contribution in [0.1, 0.15) is 31.8 Å². The number of amides is 2. The fourth-order valence-electron chi connectivity index (χ4n) is 2.37. The molecule has 0 fully saturated rings. The van der Waals surface area contributed by atoms with Crippen LogP contribution in [-0.4, -0.2) is 23.4 Å². The van der Waals surface area contributed by atoms with Gasteiger partial charge in [0, 0.05) is 27.9 Å². The normalized spacial score (nSPS) is 12.4. The first-order valence-corrected chi connectivity index (χ1v) is 6.42. The topological polar surface area (TPSA) is 106 Å². The van der Waals surface area contributed by atoms with Crippen molar-refractivity contribution in [3.05, 3.63) is 64.7 Å². The highest BCUT2D eigenvalue weighted by molar-refractivity contribution is 6.39. The number of nitrogens with two attached hydrogens (primary N) is 1. The van der Waals surface area contributed by atoms with Gasteiger partial charge in [-0.2, -0.15) is 0 Å². The van der Waals surface area contributed by atoms with Gasteiger partial charge in [0.1, 0.15) is 0 Å². The maximum Gasteiger partial charge on any atom is 0.313 e. The molecule has 1 aliphatic carbocycles. The molecular formula is C16H10N2O4. The van der Waals surface area contributed by atoms with Crippen LogP contribution in [0.2, 0.25) is 0 Å². The molecule has 0 heterocycles. The Morgan fingerprint density at radius 3 is 1.95 bits per heavy atom. The number of hydrogen-bond donors (Lipinski definition) is 2. The van der Waals surface area contributed by atoms with Gasteiger partial charge in [-0.05, 0) is 18.2 Å². The third kappa shape index (κ3) is 2.07. The van der Waals surface area contributed by atoms with Crippen molar-refractivity contribution in [1.29, 1.82) is 0 Å². The van der Waals surface area contributed by atoms with E-state index >= 15 is 0 Å². The summed E-state index contributed by atoms with van der Waals surface area (Å²) in [5.74, 6) is -2.68. The van der Waals surface area contributed by atoms with Gasteiger partial charge in [-0.1, -0.05) is 24.3 Å². The van der Waals surface area contributed by atoms with Crippen molar-refractivity contribution in [2.75, 3.05) is 5.32 Å². The van der Waals surface area contributed by atoms with E-state index in [4.69, 9.17) is 5.73 Å². The average molecular weight is 294 g/mol. The van der Waals surface area contributed by atoms with E-state index < -0.39 is 11.8 Å². The zero-order valence-electron chi connectivity index (χ0n) is 11.3. The molecule has 0 atom stereocenters. The van der Waals surface area contributed by atoms with Crippen molar-refractivity contribution in [3.63, 3.8) is 0 Å². The molecule has 22 heavy (non-hydrogen) atoms. The third-order valence-corrected chi connectivity index (χ3v) is 3.41. The van der Waals surface area contributed by atoms with Crippen molar-refractivity contribution in [1.82, 2.24) is 0 Å². The minimum Gasteiger partial charge on any atom is -0.361 e. The number of benzene rings is 2. The number of ketones is 2. The van der Waals surface area contributed by atoms with Crippen molar-refractivity contribution < 1.29 is 19.2 Å². The Labute approximate surface area is 124 Å². The molecule has 0 aromatic heterocycles. The molecule has 2 aromatic rings. The molecule has 1 aliphatic rings. The van der Waals surface area contributed by atoms with Gasteiger partial charge in [-0.25, -0.2) is 0 Å². The van der Waals surface area contributed by atoms with Crippen LogP contribution in [0.5, 0.6) is 0 Å². The highest BCUT2D eigenvalue weighted by Gasteiger charge is 2.29. The number of rotatable bonds is 1. The monoisotopic (exact) mass is 294 g/mol. The Hall–Kier alpha value is -3.28. The summed E-state index contributed by atoms with van der Waals surface area (Å²) in [6.45, 7) is 0. The second-order valence-corrected chi connectivity index (χ2v) is 4.78. The van der Waals surface area contributed by atoms with E-state index in [0.29, 0.717) is 11.1 Å². The summed E-state index contributed by atoms with van der Waals surface area (Å²) in [5.41, 5.74) is 6.21. The van der Waals surface area contributed by atoms with Crippen LogP contribution in [0.15, 0.2) is 42.5 Å². The second kappa shape index (κ2) is 4.92. The van der Waals surface area contributed by atoms with E-state index in [0.717, 1.165) is 0 Å². The number of nitrogens with one attached hydrogen (secondary N) is 1. The van der Waals surface area contributed by atoms with E-state index in [-0.39, 0.29) is 28.4 Å². The van der Waals surface area contributed by atoms with E-state index in [9.17, 15) is 19.2 Å². The van der Waals surface area contributed by atoms with Crippen LogP contribution < -0.4 is 11.1 Å². The molecule has 0 bridgehead atoms. The summed E-state index contributed by atoms with van der Waals surface area (Å²) in [4.78, 5) is 46.9. The SMILES string of the molecule is NC(=O)C(=O)Nc1ccc2c(c1)C(=O)c1ccccc1C2=O. The number of fused-ring (bicyclic) bond motifs is 2. The zero-order chi connectivity index (χ0) is 15.9. The lowest BCUT2D eigenvalue weighted by Gasteiger charge is -2.18. The number of primary amides is 1. The van der Waals surface area contributed by atoms with Crippen molar-refractivity contribution in [2.24, 2.45) is 5.73 Å². The first kappa shape index (κ1) is 13.7. The maximum atomic E-state index is 12.5. The summed E-state index contributed by atoms with van der Waals surface area (Å²) < 4.78 is 0. The van der Waals surface area contributed by atoms with Crippen LogP contribution >= 0.6 is 0 Å². The fourth-order valence-corrected chi connectivity index (χ4v) is 2.37. The maximum absolute atomic E-state index is 12.5. The summed E-state index contributed by atoms with van der Waals surface area (Å²) in [7, 11) is 0. The molecular weight excluding hydrogens is 284 g/mol. The Morgan fingerprint density at radius 1 is 0.818 bits per heavy atom. The van der Waals surface area contributed by atoms with Crippen molar-refractivity contribution >= 4 is 29.1 Å². The fraction of sp³-hybridized carbons (Fsp3) is 0. The Kier molecular flexibility index (Phi) is 3.06. The van der Waals surface area contributed by atoms with Gasteiger partial charge >= 0.3 is 11.8 Å². The lowest BCUT2D eigenvalue weighted by atomic mass is 9.84. The number of anilines is 1. The smallest absolute Gasteiger partial charge is 0.313 e. The van der Waals surface area contributed by atoms with Gasteiger partial charge in [0.05, 0.1) is 0 Å². The molecule has 0 spiro atoms. The molecule has 0 aliphatic heterocycles. The minimum atomic E-state index is -1.13. The Bertz CT molecular complexity index is 855. The van der Waals surface area contributed by atoms with E-state index in [2.05, 4.69) is 5.32 Å². The summed E-state index contributed by atoms with van der Waals surface area (Å²) >= 11 is 0. The molecule has 3 N–H and O–H groups in total. The number of carbonyl (C=O) groups is 4. The van der Waals surface area contributed by atoms with Crippen LogP contribution in [-0.2, 0) is 9.59 Å². The van der Waals surface area contributed by atoms with Crippen molar-refractivity contribution in [2.45, 2.75) is 0 Å². The predicted molar refractivity (Wildman–Crippen MR) is 77.6 cm³/mol.